The molecule has 0 bridgehead atoms. The molecule has 6 nitrogen and oxygen atoms in total. The zero-order valence-corrected chi connectivity index (χ0v) is 11.3. The highest BCUT2D eigenvalue weighted by molar-refractivity contribution is 5.76. The Labute approximate surface area is 112 Å². The van der Waals surface area contributed by atoms with Crippen LogP contribution in [0.15, 0.2) is 4.52 Å². The third-order valence-electron chi connectivity index (χ3n) is 4.34. The van der Waals surface area contributed by atoms with Crippen LogP contribution in [-0.4, -0.2) is 40.7 Å². The van der Waals surface area contributed by atoms with Crippen molar-refractivity contribution in [3.63, 3.8) is 0 Å². The molecule has 1 aromatic heterocycles. The summed E-state index contributed by atoms with van der Waals surface area (Å²) in [4.78, 5) is 18.4. The highest BCUT2D eigenvalue weighted by Crippen LogP contribution is 2.42. The average Bonchev–Trinajstić information content (AvgIpc) is 3.05. The molecule has 3 unspecified atom stereocenters. The second kappa shape index (κ2) is 4.92. The molecular weight excluding hydrogens is 246 g/mol. The predicted molar refractivity (Wildman–Crippen MR) is 66.1 cm³/mol. The number of hydrogen-bond donors (Lipinski definition) is 0. The van der Waals surface area contributed by atoms with Crippen molar-refractivity contribution in [2.75, 3.05) is 13.7 Å². The molecule has 1 aliphatic carbocycles. The summed E-state index contributed by atoms with van der Waals surface area (Å²) in [6.07, 6.45) is 3.55. The van der Waals surface area contributed by atoms with E-state index < -0.39 is 0 Å². The molecule has 1 aliphatic heterocycles. The molecule has 0 N–H and O–H groups in total. The lowest BCUT2D eigenvalue weighted by molar-refractivity contribution is -0.147. The fourth-order valence-electron chi connectivity index (χ4n) is 3.59. The molecule has 3 atom stereocenters. The summed E-state index contributed by atoms with van der Waals surface area (Å²) in [6.45, 7) is 3.26. The molecule has 0 aromatic carbocycles. The summed E-state index contributed by atoms with van der Waals surface area (Å²) in [5.74, 6) is 2.11. The standard InChI is InChI=1S/C13H19N3O3/c1-8-14-11(15-19-8)7-16-6-9-4-3-5-10(9)12(16)13(17)18-2/h9-10,12H,3-7H2,1-2H3. The number of fused-ring (bicyclic) bond motifs is 1. The van der Waals surface area contributed by atoms with Gasteiger partial charge >= 0.3 is 5.97 Å². The number of hydrogen-bond acceptors (Lipinski definition) is 6. The lowest BCUT2D eigenvalue weighted by Crippen LogP contribution is -2.40. The van der Waals surface area contributed by atoms with Crippen LogP contribution in [0.25, 0.3) is 0 Å². The van der Waals surface area contributed by atoms with Crippen molar-refractivity contribution in [1.82, 2.24) is 15.0 Å². The molecule has 104 valence electrons. The number of ether oxygens (including phenoxy) is 1. The number of nitrogens with zero attached hydrogens (tertiary/aromatic N) is 3. The van der Waals surface area contributed by atoms with Crippen LogP contribution in [0.3, 0.4) is 0 Å². The van der Waals surface area contributed by atoms with Gasteiger partial charge in [-0.25, -0.2) is 0 Å². The highest BCUT2D eigenvalue weighted by atomic mass is 16.5. The van der Waals surface area contributed by atoms with E-state index in [0.717, 1.165) is 13.0 Å². The van der Waals surface area contributed by atoms with Crippen molar-refractivity contribution in [1.29, 1.82) is 0 Å². The quantitative estimate of drug-likeness (QED) is 0.764. The van der Waals surface area contributed by atoms with Gasteiger partial charge in [-0.1, -0.05) is 11.6 Å². The van der Waals surface area contributed by atoms with Crippen molar-refractivity contribution in [3.8, 4) is 0 Å². The number of aryl methyl sites for hydroxylation is 1. The van der Waals surface area contributed by atoms with Gasteiger partial charge in [0.25, 0.3) is 0 Å². The molecule has 1 aromatic rings. The molecular formula is C13H19N3O3. The zero-order chi connectivity index (χ0) is 13.4. The Morgan fingerprint density at radius 1 is 1.53 bits per heavy atom. The van der Waals surface area contributed by atoms with Gasteiger partial charge in [0.2, 0.25) is 5.89 Å². The molecule has 6 heteroatoms. The smallest absolute Gasteiger partial charge is 0.323 e. The lowest BCUT2D eigenvalue weighted by Gasteiger charge is -2.24. The zero-order valence-electron chi connectivity index (χ0n) is 11.3. The van der Waals surface area contributed by atoms with E-state index in [2.05, 4.69) is 15.0 Å². The number of esters is 1. The van der Waals surface area contributed by atoms with Crippen LogP contribution in [0.2, 0.25) is 0 Å². The van der Waals surface area contributed by atoms with Gasteiger partial charge in [-0.3, -0.25) is 9.69 Å². The van der Waals surface area contributed by atoms with Gasteiger partial charge in [-0.05, 0) is 24.7 Å². The van der Waals surface area contributed by atoms with Crippen LogP contribution < -0.4 is 0 Å². The Kier molecular flexibility index (Phi) is 3.26. The molecule has 1 saturated heterocycles. The van der Waals surface area contributed by atoms with Crippen molar-refractivity contribution < 1.29 is 14.1 Å². The monoisotopic (exact) mass is 265 g/mol. The number of methoxy groups -OCH3 is 1. The number of rotatable bonds is 3. The summed E-state index contributed by atoms with van der Waals surface area (Å²) >= 11 is 0. The number of carbonyl (C=O) groups excluding carboxylic acids is 1. The third kappa shape index (κ3) is 2.25. The summed E-state index contributed by atoms with van der Waals surface area (Å²) in [5.41, 5.74) is 0. The molecule has 0 spiro atoms. The minimum absolute atomic E-state index is 0.130. The topological polar surface area (TPSA) is 68.5 Å². The van der Waals surface area contributed by atoms with Crippen LogP contribution in [-0.2, 0) is 16.1 Å². The van der Waals surface area contributed by atoms with E-state index in [1.807, 2.05) is 0 Å². The van der Waals surface area contributed by atoms with E-state index in [0.29, 0.717) is 30.1 Å². The van der Waals surface area contributed by atoms with Crippen LogP contribution in [0.4, 0.5) is 0 Å². The minimum atomic E-state index is -0.142. The Morgan fingerprint density at radius 3 is 3.05 bits per heavy atom. The largest absolute Gasteiger partial charge is 0.468 e. The minimum Gasteiger partial charge on any atom is -0.468 e. The summed E-state index contributed by atoms with van der Waals surface area (Å²) in [7, 11) is 1.46. The maximum atomic E-state index is 12.0. The molecule has 0 amide bonds. The van der Waals surface area contributed by atoms with E-state index in [4.69, 9.17) is 9.26 Å². The lowest BCUT2D eigenvalue weighted by atomic mass is 9.94. The van der Waals surface area contributed by atoms with E-state index in [-0.39, 0.29) is 12.0 Å². The first-order valence-electron chi connectivity index (χ1n) is 6.80. The van der Waals surface area contributed by atoms with E-state index in [1.165, 1.54) is 20.0 Å². The van der Waals surface area contributed by atoms with Gasteiger partial charge in [0, 0.05) is 13.5 Å². The SMILES string of the molecule is COC(=O)C1C2CCCC2CN1Cc1noc(C)n1. The third-order valence-corrected chi connectivity index (χ3v) is 4.34. The molecule has 2 heterocycles. The molecule has 19 heavy (non-hydrogen) atoms. The molecule has 3 rings (SSSR count). The van der Waals surface area contributed by atoms with Gasteiger partial charge in [-0.2, -0.15) is 4.98 Å². The van der Waals surface area contributed by atoms with Gasteiger partial charge in [0.1, 0.15) is 6.04 Å². The van der Waals surface area contributed by atoms with Crippen molar-refractivity contribution in [2.24, 2.45) is 11.8 Å². The van der Waals surface area contributed by atoms with E-state index in [1.54, 1.807) is 6.92 Å². The number of aromatic nitrogens is 2. The average molecular weight is 265 g/mol. The van der Waals surface area contributed by atoms with Crippen LogP contribution >= 0.6 is 0 Å². The maximum Gasteiger partial charge on any atom is 0.323 e. The van der Waals surface area contributed by atoms with Gasteiger partial charge in [-0.15, -0.1) is 0 Å². The summed E-state index contributed by atoms with van der Waals surface area (Å²) in [6, 6.07) is -0.142. The van der Waals surface area contributed by atoms with Crippen molar-refractivity contribution >= 4 is 5.97 Å². The predicted octanol–water partition coefficient (Wildman–Crippen LogP) is 1.15. The first-order valence-corrected chi connectivity index (χ1v) is 6.80. The van der Waals surface area contributed by atoms with E-state index in [9.17, 15) is 4.79 Å². The van der Waals surface area contributed by atoms with Gasteiger partial charge in [0.05, 0.1) is 13.7 Å². The van der Waals surface area contributed by atoms with E-state index >= 15 is 0 Å². The normalized spacial score (nSPS) is 30.5. The molecule has 0 radical (unpaired) electrons. The van der Waals surface area contributed by atoms with Crippen molar-refractivity contribution in [2.45, 2.75) is 38.8 Å². The first-order chi connectivity index (χ1) is 9.19. The van der Waals surface area contributed by atoms with Crippen LogP contribution in [0, 0.1) is 18.8 Å². The number of likely N-dealkylation sites (tertiary alicyclic amines) is 1. The summed E-state index contributed by atoms with van der Waals surface area (Å²) in [5, 5.41) is 3.91. The Morgan fingerprint density at radius 2 is 2.37 bits per heavy atom. The summed E-state index contributed by atoms with van der Waals surface area (Å²) < 4.78 is 9.96. The van der Waals surface area contributed by atoms with Crippen molar-refractivity contribution in [3.05, 3.63) is 11.7 Å². The Hall–Kier alpha value is -1.43. The number of carbonyl (C=O) groups is 1. The molecule has 2 fully saturated rings. The van der Waals surface area contributed by atoms with Crippen LogP contribution in [0.5, 0.6) is 0 Å². The second-order valence-corrected chi connectivity index (χ2v) is 5.48. The fourth-order valence-corrected chi connectivity index (χ4v) is 3.59. The Balaban J connectivity index is 1.77. The second-order valence-electron chi connectivity index (χ2n) is 5.48. The Bertz CT molecular complexity index is 473. The fraction of sp³-hybridized carbons (Fsp3) is 0.769. The van der Waals surface area contributed by atoms with Gasteiger partial charge in [0.15, 0.2) is 5.82 Å². The highest BCUT2D eigenvalue weighted by Gasteiger charge is 2.48. The molecule has 1 saturated carbocycles. The van der Waals surface area contributed by atoms with Crippen LogP contribution in [0.1, 0.15) is 31.0 Å². The first kappa shape index (κ1) is 12.6. The van der Waals surface area contributed by atoms with Gasteiger partial charge < -0.3 is 9.26 Å². The molecule has 2 aliphatic rings. The maximum absolute atomic E-state index is 12.0.